The Hall–Kier alpha value is -4.43. The molecule has 0 spiro atoms. The average molecular weight is 421 g/mol. The number of furan rings is 1. The zero-order valence-electron chi connectivity index (χ0n) is 17.8. The molecule has 0 N–H and O–H groups in total. The number of benzene rings is 5. The molecule has 7 rings (SSSR count). The van der Waals surface area contributed by atoms with Crippen molar-refractivity contribution >= 4 is 43.6 Å². The van der Waals surface area contributed by atoms with Crippen molar-refractivity contribution in [2.45, 2.75) is 0 Å². The van der Waals surface area contributed by atoms with Crippen LogP contribution >= 0.6 is 0 Å². The first-order chi connectivity index (χ1) is 16.3. The minimum Gasteiger partial charge on any atom is -0.456 e. The summed E-state index contributed by atoms with van der Waals surface area (Å²) >= 11 is 0. The smallest absolute Gasteiger partial charge is 0.135 e. The Bertz CT molecular complexity index is 1810. The van der Waals surface area contributed by atoms with Crippen LogP contribution < -0.4 is 0 Å². The quantitative estimate of drug-likeness (QED) is 0.261. The van der Waals surface area contributed by atoms with Crippen LogP contribution in [-0.2, 0) is 0 Å². The zero-order valence-corrected chi connectivity index (χ0v) is 17.8. The maximum absolute atomic E-state index is 6.18. The van der Waals surface area contributed by atoms with E-state index < -0.39 is 0 Å². The van der Waals surface area contributed by atoms with E-state index in [0.29, 0.717) is 0 Å². The van der Waals surface area contributed by atoms with Crippen LogP contribution in [0.15, 0.2) is 120 Å². The van der Waals surface area contributed by atoms with Gasteiger partial charge in [-0.05, 0) is 58.0 Å². The number of nitrogens with zero attached hydrogens (tertiary/aromatic N) is 1. The Morgan fingerprint density at radius 3 is 2.09 bits per heavy atom. The molecule has 0 radical (unpaired) electrons. The summed E-state index contributed by atoms with van der Waals surface area (Å²) in [6, 6.07) is 38.3. The van der Waals surface area contributed by atoms with Gasteiger partial charge >= 0.3 is 0 Å². The molecule has 33 heavy (non-hydrogen) atoms. The van der Waals surface area contributed by atoms with Gasteiger partial charge < -0.3 is 4.42 Å². The second-order valence-corrected chi connectivity index (χ2v) is 8.43. The summed E-state index contributed by atoms with van der Waals surface area (Å²) in [4.78, 5) is 4.72. The first-order valence-corrected chi connectivity index (χ1v) is 11.1. The molecule has 0 amide bonds. The number of fused-ring (bicyclic) bond motifs is 6. The fraction of sp³-hybridized carbons (Fsp3) is 0. The van der Waals surface area contributed by atoms with Crippen LogP contribution in [0.1, 0.15) is 0 Å². The van der Waals surface area contributed by atoms with Gasteiger partial charge in [-0.2, -0.15) is 0 Å². The molecule has 2 heterocycles. The van der Waals surface area contributed by atoms with Crippen molar-refractivity contribution in [1.82, 2.24) is 4.98 Å². The van der Waals surface area contributed by atoms with E-state index in [-0.39, 0.29) is 0 Å². The fourth-order valence-corrected chi connectivity index (χ4v) is 4.91. The monoisotopic (exact) mass is 421 g/mol. The largest absolute Gasteiger partial charge is 0.456 e. The van der Waals surface area contributed by atoms with Crippen molar-refractivity contribution in [2.24, 2.45) is 0 Å². The predicted molar refractivity (Wildman–Crippen MR) is 137 cm³/mol. The SMILES string of the molecule is c1ccc(-c2ccc3oc4ccc(-c5cccc6ccc7cccnc7c56)cc4c3c2)cc1. The molecule has 0 aliphatic rings. The molecular formula is C31H19NO. The standard InChI is InChI=1S/C31H19NO/c1-2-6-20(7-3-1)23-13-15-28-26(18-23)27-19-24(14-16-29(27)33-28)25-10-4-8-21-11-12-22-9-5-17-32-31(22)30(21)25/h1-19H. The molecule has 0 fully saturated rings. The van der Waals surface area contributed by atoms with E-state index in [0.717, 1.165) is 32.8 Å². The topological polar surface area (TPSA) is 26.0 Å². The van der Waals surface area contributed by atoms with Gasteiger partial charge in [0.25, 0.3) is 0 Å². The van der Waals surface area contributed by atoms with Crippen molar-refractivity contribution in [3.63, 3.8) is 0 Å². The summed E-state index contributed by atoms with van der Waals surface area (Å²) in [6.07, 6.45) is 1.87. The summed E-state index contributed by atoms with van der Waals surface area (Å²) in [5.41, 5.74) is 7.60. The van der Waals surface area contributed by atoms with E-state index in [4.69, 9.17) is 9.40 Å². The third kappa shape index (κ3) is 2.85. The lowest BCUT2D eigenvalue weighted by atomic mass is 9.95. The number of aromatic nitrogens is 1. The number of hydrogen-bond donors (Lipinski definition) is 0. The fourth-order valence-electron chi connectivity index (χ4n) is 4.91. The normalized spacial score (nSPS) is 11.6. The second-order valence-electron chi connectivity index (χ2n) is 8.43. The van der Waals surface area contributed by atoms with Gasteiger partial charge in [-0.3, -0.25) is 4.98 Å². The van der Waals surface area contributed by atoms with Gasteiger partial charge in [0.05, 0.1) is 5.52 Å². The summed E-state index contributed by atoms with van der Waals surface area (Å²) in [7, 11) is 0. The Kier molecular flexibility index (Phi) is 3.88. The third-order valence-corrected chi connectivity index (χ3v) is 6.50. The Balaban J connectivity index is 1.49. The van der Waals surface area contributed by atoms with Crippen molar-refractivity contribution in [1.29, 1.82) is 0 Å². The van der Waals surface area contributed by atoms with Crippen LogP contribution in [0.4, 0.5) is 0 Å². The number of hydrogen-bond acceptors (Lipinski definition) is 2. The molecule has 0 aliphatic heterocycles. The Morgan fingerprint density at radius 2 is 1.24 bits per heavy atom. The van der Waals surface area contributed by atoms with Crippen LogP contribution in [0, 0.1) is 0 Å². The van der Waals surface area contributed by atoms with Gasteiger partial charge in [0, 0.05) is 27.7 Å². The lowest BCUT2D eigenvalue weighted by Crippen LogP contribution is -1.86. The molecule has 2 heteroatoms. The van der Waals surface area contributed by atoms with Crippen LogP contribution in [0.5, 0.6) is 0 Å². The van der Waals surface area contributed by atoms with E-state index in [1.165, 1.54) is 33.0 Å². The van der Waals surface area contributed by atoms with Gasteiger partial charge in [-0.25, -0.2) is 0 Å². The molecule has 2 nitrogen and oxygen atoms in total. The molecule has 7 aromatic rings. The highest BCUT2D eigenvalue weighted by Crippen LogP contribution is 2.38. The van der Waals surface area contributed by atoms with Gasteiger partial charge in [-0.15, -0.1) is 0 Å². The summed E-state index contributed by atoms with van der Waals surface area (Å²) < 4.78 is 6.18. The molecule has 5 aromatic carbocycles. The average Bonchev–Trinajstić information content (AvgIpc) is 3.26. The highest BCUT2D eigenvalue weighted by Gasteiger charge is 2.13. The van der Waals surface area contributed by atoms with Gasteiger partial charge in [0.1, 0.15) is 11.2 Å². The van der Waals surface area contributed by atoms with Crippen LogP contribution in [-0.4, -0.2) is 4.98 Å². The van der Waals surface area contributed by atoms with E-state index in [1.54, 1.807) is 0 Å². The molecule has 0 aliphatic carbocycles. The molecule has 0 bridgehead atoms. The minimum absolute atomic E-state index is 0.905. The lowest BCUT2D eigenvalue weighted by Gasteiger charge is -2.10. The third-order valence-electron chi connectivity index (χ3n) is 6.50. The van der Waals surface area contributed by atoms with Crippen LogP contribution in [0.2, 0.25) is 0 Å². The predicted octanol–water partition coefficient (Wildman–Crippen LogP) is 8.62. The molecule has 0 unspecified atom stereocenters. The van der Waals surface area contributed by atoms with Gasteiger partial charge in [0.2, 0.25) is 0 Å². The second kappa shape index (κ2) is 7.04. The summed E-state index contributed by atoms with van der Waals surface area (Å²) in [5, 5.41) is 5.80. The van der Waals surface area contributed by atoms with Crippen molar-refractivity contribution < 1.29 is 4.42 Å². The molecular weight excluding hydrogens is 402 g/mol. The molecule has 2 aromatic heterocycles. The summed E-state index contributed by atoms with van der Waals surface area (Å²) in [6.45, 7) is 0. The molecule has 0 saturated carbocycles. The molecule has 154 valence electrons. The van der Waals surface area contributed by atoms with Gasteiger partial charge in [0.15, 0.2) is 0 Å². The van der Waals surface area contributed by atoms with Crippen molar-refractivity contribution in [3.05, 3.63) is 115 Å². The van der Waals surface area contributed by atoms with Gasteiger partial charge in [-0.1, -0.05) is 78.9 Å². The molecule has 0 atom stereocenters. The first-order valence-electron chi connectivity index (χ1n) is 11.1. The number of pyridine rings is 1. The maximum Gasteiger partial charge on any atom is 0.135 e. The van der Waals surface area contributed by atoms with E-state index in [1.807, 2.05) is 18.3 Å². The zero-order chi connectivity index (χ0) is 21.8. The maximum atomic E-state index is 6.18. The Morgan fingerprint density at radius 1 is 0.515 bits per heavy atom. The first kappa shape index (κ1) is 18.2. The highest BCUT2D eigenvalue weighted by atomic mass is 16.3. The van der Waals surface area contributed by atoms with Crippen molar-refractivity contribution in [3.8, 4) is 22.3 Å². The number of rotatable bonds is 2. The highest BCUT2D eigenvalue weighted by molar-refractivity contribution is 6.14. The minimum atomic E-state index is 0.905. The lowest BCUT2D eigenvalue weighted by molar-refractivity contribution is 0.669. The Labute approximate surface area is 190 Å². The van der Waals surface area contributed by atoms with Crippen LogP contribution in [0.25, 0.3) is 65.9 Å². The van der Waals surface area contributed by atoms with E-state index >= 15 is 0 Å². The van der Waals surface area contributed by atoms with E-state index in [9.17, 15) is 0 Å². The van der Waals surface area contributed by atoms with E-state index in [2.05, 4.69) is 97.1 Å². The van der Waals surface area contributed by atoms with Crippen LogP contribution in [0.3, 0.4) is 0 Å². The van der Waals surface area contributed by atoms with Crippen molar-refractivity contribution in [2.75, 3.05) is 0 Å². The summed E-state index contributed by atoms with van der Waals surface area (Å²) in [5.74, 6) is 0. The molecule has 0 saturated heterocycles.